The van der Waals surface area contributed by atoms with E-state index in [2.05, 4.69) is 11.9 Å². The SMILES string of the molecule is CCC1CCCC(C(=O)c2cccnc2OC)C1. The predicted octanol–water partition coefficient (Wildman–Crippen LogP) is 3.49. The van der Waals surface area contributed by atoms with Crippen LogP contribution < -0.4 is 4.74 Å². The fourth-order valence-corrected chi connectivity index (χ4v) is 2.86. The summed E-state index contributed by atoms with van der Waals surface area (Å²) < 4.78 is 5.18. The van der Waals surface area contributed by atoms with Crippen molar-refractivity contribution in [1.82, 2.24) is 4.98 Å². The number of nitrogens with zero attached hydrogens (tertiary/aromatic N) is 1. The van der Waals surface area contributed by atoms with Crippen molar-refractivity contribution < 1.29 is 9.53 Å². The predicted molar refractivity (Wildman–Crippen MR) is 70.9 cm³/mol. The van der Waals surface area contributed by atoms with Crippen molar-refractivity contribution in [3.63, 3.8) is 0 Å². The molecule has 18 heavy (non-hydrogen) atoms. The van der Waals surface area contributed by atoms with Crippen LogP contribution in [0, 0.1) is 11.8 Å². The number of ketones is 1. The van der Waals surface area contributed by atoms with Crippen LogP contribution in [0.25, 0.3) is 0 Å². The van der Waals surface area contributed by atoms with Gasteiger partial charge in [-0.15, -0.1) is 0 Å². The largest absolute Gasteiger partial charge is 0.480 e. The molecule has 1 fully saturated rings. The summed E-state index contributed by atoms with van der Waals surface area (Å²) in [5.41, 5.74) is 0.641. The Morgan fingerprint density at radius 3 is 3.06 bits per heavy atom. The molecule has 1 heterocycles. The van der Waals surface area contributed by atoms with E-state index in [-0.39, 0.29) is 11.7 Å². The first-order valence-corrected chi connectivity index (χ1v) is 6.79. The van der Waals surface area contributed by atoms with Crippen LogP contribution in [0.2, 0.25) is 0 Å². The molecule has 2 atom stereocenters. The van der Waals surface area contributed by atoms with Crippen LogP contribution in [0.3, 0.4) is 0 Å². The van der Waals surface area contributed by atoms with Gasteiger partial charge in [-0.1, -0.05) is 26.2 Å². The van der Waals surface area contributed by atoms with Crippen LogP contribution in [-0.2, 0) is 0 Å². The third kappa shape index (κ3) is 2.71. The Bertz CT molecular complexity index is 417. The number of carbonyl (C=O) groups excluding carboxylic acids is 1. The van der Waals surface area contributed by atoms with Gasteiger partial charge in [-0.3, -0.25) is 4.79 Å². The molecule has 98 valence electrons. The Hall–Kier alpha value is -1.38. The maximum Gasteiger partial charge on any atom is 0.224 e. The highest BCUT2D eigenvalue weighted by Crippen LogP contribution is 2.34. The third-order valence-corrected chi connectivity index (χ3v) is 3.96. The van der Waals surface area contributed by atoms with Gasteiger partial charge < -0.3 is 4.74 Å². The quantitative estimate of drug-likeness (QED) is 0.764. The number of pyridine rings is 1. The standard InChI is InChI=1S/C15H21NO2/c1-3-11-6-4-7-12(10-11)14(17)13-8-5-9-16-15(13)18-2/h5,8-9,11-12H,3-4,6-7,10H2,1-2H3. The van der Waals surface area contributed by atoms with Gasteiger partial charge in [-0.25, -0.2) is 4.98 Å². The second-order valence-electron chi connectivity index (χ2n) is 5.06. The van der Waals surface area contributed by atoms with Crippen LogP contribution >= 0.6 is 0 Å². The maximum atomic E-state index is 12.5. The number of hydrogen-bond acceptors (Lipinski definition) is 3. The maximum absolute atomic E-state index is 12.5. The van der Waals surface area contributed by atoms with Crippen LogP contribution in [0.5, 0.6) is 5.88 Å². The Morgan fingerprint density at radius 2 is 2.33 bits per heavy atom. The summed E-state index contributed by atoms with van der Waals surface area (Å²) in [4.78, 5) is 16.6. The molecule has 0 aliphatic heterocycles. The summed E-state index contributed by atoms with van der Waals surface area (Å²) in [6.07, 6.45) is 7.29. The molecule has 3 nitrogen and oxygen atoms in total. The lowest BCUT2D eigenvalue weighted by Gasteiger charge is -2.27. The van der Waals surface area contributed by atoms with E-state index >= 15 is 0 Å². The minimum atomic E-state index is 0.154. The molecule has 0 bridgehead atoms. The summed E-state index contributed by atoms with van der Waals surface area (Å²) in [7, 11) is 1.56. The number of carbonyl (C=O) groups is 1. The zero-order chi connectivity index (χ0) is 13.0. The molecule has 1 aromatic heterocycles. The second kappa shape index (κ2) is 5.98. The molecule has 3 heteroatoms. The summed E-state index contributed by atoms with van der Waals surface area (Å²) in [6, 6.07) is 3.62. The van der Waals surface area contributed by atoms with E-state index in [4.69, 9.17) is 4.74 Å². The third-order valence-electron chi connectivity index (χ3n) is 3.96. The van der Waals surface area contributed by atoms with E-state index in [0.717, 1.165) is 19.3 Å². The van der Waals surface area contributed by atoms with Gasteiger partial charge in [-0.05, 0) is 30.9 Å². The fraction of sp³-hybridized carbons (Fsp3) is 0.600. The molecule has 0 aromatic carbocycles. The molecule has 1 aliphatic rings. The van der Waals surface area contributed by atoms with E-state index in [9.17, 15) is 4.79 Å². The zero-order valence-electron chi connectivity index (χ0n) is 11.2. The van der Waals surface area contributed by atoms with Gasteiger partial charge in [0.15, 0.2) is 5.78 Å². The Morgan fingerprint density at radius 1 is 1.50 bits per heavy atom. The van der Waals surface area contributed by atoms with Gasteiger partial charge in [0.25, 0.3) is 0 Å². The van der Waals surface area contributed by atoms with Crippen LogP contribution in [0.1, 0.15) is 49.4 Å². The Balaban J connectivity index is 2.15. The first-order chi connectivity index (χ1) is 8.76. The van der Waals surface area contributed by atoms with Crippen molar-refractivity contribution in [3.05, 3.63) is 23.9 Å². The number of methoxy groups -OCH3 is 1. The van der Waals surface area contributed by atoms with Crippen molar-refractivity contribution in [1.29, 1.82) is 0 Å². The summed E-state index contributed by atoms with van der Waals surface area (Å²) in [5.74, 6) is 1.52. The number of aromatic nitrogens is 1. The van der Waals surface area contributed by atoms with Crippen LogP contribution in [0.4, 0.5) is 0 Å². The fourth-order valence-electron chi connectivity index (χ4n) is 2.86. The van der Waals surface area contributed by atoms with Gasteiger partial charge in [0.05, 0.1) is 12.7 Å². The lowest BCUT2D eigenvalue weighted by Crippen LogP contribution is -2.23. The van der Waals surface area contributed by atoms with Gasteiger partial charge in [-0.2, -0.15) is 0 Å². The molecule has 2 unspecified atom stereocenters. The number of hydrogen-bond donors (Lipinski definition) is 0. The highest BCUT2D eigenvalue weighted by Gasteiger charge is 2.28. The molecule has 0 radical (unpaired) electrons. The topological polar surface area (TPSA) is 39.2 Å². The van der Waals surface area contributed by atoms with Crippen LogP contribution in [-0.4, -0.2) is 17.9 Å². The van der Waals surface area contributed by atoms with Crippen molar-refractivity contribution >= 4 is 5.78 Å². The molecule has 0 spiro atoms. The highest BCUT2D eigenvalue weighted by atomic mass is 16.5. The van der Waals surface area contributed by atoms with Gasteiger partial charge in [0, 0.05) is 12.1 Å². The first kappa shape index (κ1) is 13.1. The average Bonchev–Trinajstić information content (AvgIpc) is 2.46. The minimum absolute atomic E-state index is 0.154. The Kier molecular flexibility index (Phi) is 4.34. The van der Waals surface area contributed by atoms with E-state index in [1.54, 1.807) is 19.4 Å². The van der Waals surface area contributed by atoms with E-state index in [1.807, 2.05) is 6.07 Å². The van der Waals surface area contributed by atoms with E-state index in [1.165, 1.54) is 12.8 Å². The smallest absolute Gasteiger partial charge is 0.224 e. The molecule has 1 aromatic rings. The number of rotatable bonds is 4. The van der Waals surface area contributed by atoms with Crippen LogP contribution in [0.15, 0.2) is 18.3 Å². The van der Waals surface area contributed by atoms with Crippen molar-refractivity contribution in [2.75, 3.05) is 7.11 Å². The van der Waals surface area contributed by atoms with Gasteiger partial charge in [0.2, 0.25) is 5.88 Å². The lowest BCUT2D eigenvalue weighted by molar-refractivity contribution is 0.0858. The van der Waals surface area contributed by atoms with Crippen molar-refractivity contribution in [2.24, 2.45) is 11.8 Å². The molecular weight excluding hydrogens is 226 g/mol. The molecule has 1 saturated carbocycles. The first-order valence-electron chi connectivity index (χ1n) is 6.79. The average molecular weight is 247 g/mol. The molecule has 1 aliphatic carbocycles. The zero-order valence-corrected chi connectivity index (χ0v) is 11.2. The summed E-state index contributed by atoms with van der Waals surface area (Å²) in [6.45, 7) is 2.21. The molecule has 2 rings (SSSR count). The highest BCUT2D eigenvalue weighted by molar-refractivity contribution is 5.99. The molecular formula is C15H21NO2. The van der Waals surface area contributed by atoms with E-state index in [0.29, 0.717) is 17.4 Å². The Labute approximate surface area is 109 Å². The number of Topliss-reactive ketones (excluding diaryl/α,β-unsaturated/α-hetero) is 1. The monoisotopic (exact) mass is 247 g/mol. The lowest BCUT2D eigenvalue weighted by atomic mass is 9.77. The number of ether oxygens (including phenoxy) is 1. The molecule has 0 saturated heterocycles. The summed E-state index contributed by atoms with van der Waals surface area (Å²) >= 11 is 0. The summed E-state index contributed by atoms with van der Waals surface area (Å²) in [5, 5.41) is 0. The van der Waals surface area contributed by atoms with Gasteiger partial charge >= 0.3 is 0 Å². The second-order valence-corrected chi connectivity index (χ2v) is 5.06. The van der Waals surface area contributed by atoms with Crippen molar-refractivity contribution in [3.8, 4) is 5.88 Å². The van der Waals surface area contributed by atoms with E-state index < -0.39 is 0 Å². The molecule has 0 N–H and O–H groups in total. The minimum Gasteiger partial charge on any atom is -0.480 e. The van der Waals surface area contributed by atoms with Crippen molar-refractivity contribution in [2.45, 2.75) is 39.0 Å². The normalized spacial score (nSPS) is 23.7. The van der Waals surface area contributed by atoms with Gasteiger partial charge in [0.1, 0.15) is 0 Å². The molecule has 0 amide bonds.